The van der Waals surface area contributed by atoms with Crippen LogP contribution in [0.4, 0.5) is 37.1 Å². The maximum atomic E-state index is 12.4. The number of nitrogens with zero attached hydrogens (tertiary/aromatic N) is 3. The molecular formula is C14H11BrClF6N5O3. The molecule has 166 valence electrons. The monoisotopic (exact) mass is 525 g/mol. The molecule has 30 heavy (non-hydrogen) atoms. The Bertz CT molecular complexity index is 822. The highest BCUT2D eigenvalue weighted by molar-refractivity contribution is 9.18. The van der Waals surface area contributed by atoms with E-state index in [-0.39, 0.29) is 0 Å². The number of aromatic nitrogens is 2. The van der Waals surface area contributed by atoms with E-state index >= 15 is 0 Å². The lowest BCUT2D eigenvalue weighted by Gasteiger charge is -2.15. The zero-order valence-corrected chi connectivity index (χ0v) is 16.8. The van der Waals surface area contributed by atoms with Gasteiger partial charge in [-0.1, -0.05) is 11.6 Å². The van der Waals surface area contributed by atoms with Gasteiger partial charge in [0.25, 0.3) is 0 Å². The van der Waals surface area contributed by atoms with Crippen LogP contribution in [0.5, 0.6) is 11.8 Å². The SMILES string of the molecule is O=C(NC1=CN=C(Br)CC1)Nc1nc(OCC(F)(F)F)c(Cl)c(OCC(F)(F)F)n1. The number of hydrogen-bond acceptors (Lipinski definition) is 6. The van der Waals surface area contributed by atoms with Crippen molar-refractivity contribution in [3.8, 4) is 11.8 Å². The summed E-state index contributed by atoms with van der Waals surface area (Å²) < 4.78 is 83.7. The summed E-state index contributed by atoms with van der Waals surface area (Å²) in [5.74, 6) is -2.56. The Hall–Kier alpha value is -2.29. The Balaban J connectivity index is 2.20. The Morgan fingerprint density at radius 1 is 1.03 bits per heavy atom. The fourth-order valence-electron chi connectivity index (χ4n) is 1.84. The van der Waals surface area contributed by atoms with Gasteiger partial charge in [0.15, 0.2) is 18.2 Å². The van der Waals surface area contributed by atoms with E-state index in [0.29, 0.717) is 23.2 Å². The molecule has 2 rings (SSSR count). The first-order valence-corrected chi connectivity index (χ1v) is 8.95. The van der Waals surface area contributed by atoms with E-state index in [0.717, 1.165) is 0 Å². The van der Waals surface area contributed by atoms with Crippen molar-refractivity contribution < 1.29 is 40.6 Å². The van der Waals surface area contributed by atoms with Gasteiger partial charge in [-0.2, -0.15) is 36.3 Å². The number of halogens is 8. The summed E-state index contributed by atoms with van der Waals surface area (Å²) in [6.45, 7) is -3.68. The Morgan fingerprint density at radius 3 is 2.00 bits per heavy atom. The molecule has 2 N–H and O–H groups in total. The smallest absolute Gasteiger partial charge is 0.422 e. The molecule has 1 aromatic heterocycles. The molecule has 16 heteroatoms. The van der Waals surface area contributed by atoms with Gasteiger partial charge >= 0.3 is 18.4 Å². The maximum Gasteiger partial charge on any atom is 0.422 e. The van der Waals surface area contributed by atoms with Crippen LogP contribution in [0.25, 0.3) is 0 Å². The van der Waals surface area contributed by atoms with Crippen LogP contribution in [-0.2, 0) is 0 Å². The van der Waals surface area contributed by atoms with E-state index in [1.165, 1.54) is 6.20 Å². The number of hydrogen-bond donors (Lipinski definition) is 2. The zero-order valence-electron chi connectivity index (χ0n) is 14.5. The van der Waals surface area contributed by atoms with Crippen molar-refractivity contribution in [2.24, 2.45) is 4.99 Å². The molecule has 0 aromatic carbocycles. The molecule has 2 amide bonds. The predicted molar refractivity (Wildman–Crippen MR) is 96.0 cm³/mol. The largest absolute Gasteiger partial charge is 0.467 e. The first-order valence-electron chi connectivity index (χ1n) is 7.78. The van der Waals surface area contributed by atoms with Crippen molar-refractivity contribution in [2.45, 2.75) is 25.2 Å². The molecule has 0 unspecified atom stereocenters. The Kier molecular flexibility index (Phi) is 7.74. The lowest BCUT2D eigenvalue weighted by Crippen LogP contribution is -2.30. The van der Waals surface area contributed by atoms with E-state index in [9.17, 15) is 31.1 Å². The van der Waals surface area contributed by atoms with Crippen LogP contribution in [0.3, 0.4) is 0 Å². The van der Waals surface area contributed by atoms with Gasteiger partial charge in [-0.25, -0.2) is 4.79 Å². The van der Waals surface area contributed by atoms with Crippen LogP contribution < -0.4 is 20.1 Å². The lowest BCUT2D eigenvalue weighted by molar-refractivity contribution is -0.154. The number of rotatable bonds is 6. The molecule has 0 saturated heterocycles. The summed E-state index contributed by atoms with van der Waals surface area (Å²) in [6, 6.07) is -0.930. The molecule has 0 aliphatic carbocycles. The third-order valence-corrected chi connectivity index (χ3v) is 3.92. The minimum atomic E-state index is -4.78. The molecule has 0 spiro atoms. The van der Waals surface area contributed by atoms with Crippen molar-refractivity contribution >= 4 is 44.1 Å². The number of carbonyl (C=O) groups excluding carboxylic acids is 1. The van der Waals surface area contributed by atoms with Crippen LogP contribution >= 0.6 is 27.5 Å². The molecule has 8 nitrogen and oxygen atoms in total. The van der Waals surface area contributed by atoms with E-state index < -0.39 is 54.3 Å². The van der Waals surface area contributed by atoms with E-state index in [1.807, 2.05) is 5.32 Å². The Morgan fingerprint density at radius 2 is 1.57 bits per heavy atom. The summed E-state index contributed by atoms with van der Waals surface area (Å²) in [4.78, 5) is 22.9. The second kappa shape index (κ2) is 9.68. The van der Waals surface area contributed by atoms with Crippen LogP contribution in [0.1, 0.15) is 12.8 Å². The van der Waals surface area contributed by atoms with Crippen LogP contribution in [0, 0.1) is 0 Å². The fraction of sp³-hybridized carbons (Fsp3) is 0.429. The summed E-state index contributed by atoms with van der Waals surface area (Å²) >= 11 is 8.85. The highest BCUT2D eigenvalue weighted by Crippen LogP contribution is 2.34. The average molecular weight is 527 g/mol. The van der Waals surface area contributed by atoms with Crippen molar-refractivity contribution in [1.29, 1.82) is 0 Å². The van der Waals surface area contributed by atoms with Crippen molar-refractivity contribution in [3.63, 3.8) is 0 Å². The zero-order chi connectivity index (χ0) is 22.5. The highest BCUT2D eigenvalue weighted by Gasteiger charge is 2.32. The number of carbonyl (C=O) groups is 1. The first-order chi connectivity index (χ1) is 13.8. The third kappa shape index (κ3) is 8.22. The number of alkyl halides is 6. The number of aliphatic imine (C=N–C) groups is 1. The van der Waals surface area contributed by atoms with E-state index in [2.05, 4.69) is 45.7 Å². The molecule has 0 radical (unpaired) electrons. The Labute approximate surface area is 177 Å². The highest BCUT2D eigenvalue weighted by atomic mass is 79.9. The van der Waals surface area contributed by atoms with Gasteiger partial charge in [-0.15, -0.1) is 0 Å². The minimum Gasteiger partial charge on any atom is -0.467 e. The molecule has 1 aliphatic heterocycles. The number of ether oxygens (including phenoxy) is 2. The van der Waals surface area contributed by atoms with Gasteiger partial charge < -0.3 is 14.8 Å². The van der Waals surface area contributed by atoms with Crippen molar-refractivity contribution in [2.75, 3.05) is 18.5 Å². The standard InChI is InChI=1S/C14H11BrClF6N5O3/c15-7-2-1-6(3-23-7)24-12(28)27-11-25-9(29-4-13(17,18)19)8(16)10(26-11)30-5-14(20,21)22/h3H,1-2,4-5H2,(H2,24,25,26,27,28). The van der Waals surface area contributed by atoms with Gasteiger partial charge in [-0.3, -0.25) is 10.3 Å². The molecule has 0 bridgehead atoms. The van der Waals surface area contributed by atoms with E-state index in [1.54, 1.807) is 0 Å². The second-order valence-corrected chi connectivity index (χ2v) is 6.81. The second-order valence-electron chi connectivity index (χ2n) is 5.52. The fourth-order valence-corrected chi connectivity index (χ4v) is 2.34. The lowest BCUT2D eigenvalue weighted by atomic mass is 10.2. The molecule has 2 heterocycles. The van der Waals surface area contributed by atoms with E-state index in [4.69, 9.17) is 11.6 Å². The van der Waals surface area contributed by atoms with Crippen molar-refractivity contribution in [3.05, 3.63) is 16.9 Å². The summed E-state index contributed by atoms with van der Waals surface area (Å²) in [7, 11) is 0. The van der Waals surface area contributed by atoms with Crippen LogP contribution in [0.15, 0.2) is 16.9 Å². The summed E-state index contributed by atoms with van der Waals surface area (Å²) in [6.07, 6.45) is -7.29. The maximum absolute atomic E-state index is 12.4. The molecule has 0 saturated carbocycles. The number of urea groups is 1. The van der Waals surface area contributed by atoms with Gasteiger partial charge in [0.2, 0.25) is 17.7 Å². The molecular weight excluding hydrogens is 516 g/mol. The van der Waals surface area contributed by atoms with Crippen LogP contribution in [-0.4, -0.2) is 46.2 Å². The number of amides is 2. The first kappa shape index (κ1) is 24.0. The third-order valence-electron chi connectivity index (χ3n) is 3.00. The molecule has 1 aromatic rings. The van der Waals surface area contributed by atoms with Crippen LogP contribution in [0.2, 0.25) is 5.02 Å². The van der Waals surface area contributed by atoms with Gasteiger partial charge in [0, 0.05) is 18.3 Å². The molecule has 0 fully saturated rings. The predicted octanol–water partition coefficient (Wildman–Crippen LogP) is 4.56. The number of nitrogens with one attached hydrogen (secondary N) is 2. The average Bonchev–Trinajstić information content (AvgIpc) is 2.61. The van der Waals surface area contributed by atoms with Gasteiger partial charge in [0.1, 0.15) is 0 Å². The molecule has 1 aliphatic rings. The summed E-state index contributed by atoms with van der Waals surface area (Å²) in [5, 5.41) is 3.60. The number of allylic oxidation sites excluding steroid dienone is 1. The van der Waals surface area contributed by atoms with Gasteiger partial charge in [-0.05, 0) is 22.4 Å². The van der Waals surface area contributed by atoms with Gasteiger partial charge in [0.05, 0.1) is 4.62 Å². The number of anilines is 1. The van der Waals surface area contributed by atoms with Crippen molar-refractivity contribution in [1.82, 2.24) is 15.3 Å². The quantitative estimate of drug-likeness (QED) is 0.530. The summed E-state index contributed by atoms with van der Waals surface area (Å²) in [5.41, 5.74) is 0.395. The minimum absolute atomic E-state index is 0.395. The topological polar surface area (TPSA) is 97.7 Å². The molecule has 0 atom stereocenters. The normalized spacial score (nSPS) is 14.5.